The molecule has 5 nitrogen and oxygen atoms in total. The topological polar surface area (TPSA) is 67.4 Å². The summed E-state index contributed by atoms with van der Waals surface area (Å²) < 4.78 is 5.06. The van der Waals surface area contributed by atoms with E-state index < -0.39 is 5.91 Å². The van der Waals surface area contributed by atoms with E-state index in [1.807, 2.05) is 42.5 Å². The number of ether oxygens (including phenoxy) is 1. The molecule has 0 aliphatic rings. The van der Waals surface area contributed by atoms with Crippen LogP contribution in [-0.4, -0.2) is 18.9 Å². The Balaban J connectivity index is 1.77. The molecule has 0 aliphatic carbocycles. The number of hydrogen-bond donors (Lipinski definition) is 2. The lowest BCUT2D eigenvalue weighted by molar-refractivity contribution is -0.126. The number of benzene rings is 2. The third kappa shape index (κ3) is 5.67. The fourth-order valence-electron chi connectivity index (χ4n) is 1.89. The van der Waals surface area contributed by atoms with Crippen molar-refractivity contribution in [1.29, 1.82) is 0 Å². The molecule has 0 bridgehead atoms. The van der Waals surface area contributed by atoms with Gasteiger partial charge in [-0.2, -0.15) is 0 Å². The van der Waals surface area contributed by atoms with E-state index in [0.717, 1.165) is 16.9 Å². The van der Waals surface area contributed by atoms with Gasteiger partial charge in [0.1, 0.15) is 5.75 Å². The van der Waals surface area contributed by atoms with E-state index in [0.29, 0.717) is 0 Å². The Kier molecular flexibility index (Phi) is 5.94. The maximum absolute atomic E-state index is 11.7. The molecule has 118 valence electrons. The minimum atomic E-state index is -0.401. The molecule has 0 unspecified atom stereocenters. The molecule has 0 saturated carbocycles. The van der Waals surface area contributed by atoms with Gasteiger partial charge in [0.2, 0.25) is 5.91 Å². The normalized spacial score (nSPS) is 10.3. The third-order valence-electron chi connectivity index (χ3n) is 3.08. The lowest BCUT2D eigenvalue weighted by Crippen LogP contribution is -2.41. The Morgan fingerprint density at radius 1 is 1.00 bits per heavy atom. The van der Waals surface area contributed by atoms with Crippen LogP contribution in [0.3, 0.4) is 0 Å². The second kappa shape index (κ2) is 8.38. The molecule has 0 aromatic heterocycles. The maximum atomic E-state index is 11.7. The van der Waals surface area contributed by atoms with Gasteiger partial charge in [-0.3, -0.25) is 20.4 Å². The lowest BCUT2D eigenvalue weighted by atomic mass is 10.1. The molecule has 0 saturated heterocycles. The van der Waals surface area contributed by atoms with Crippen LogP contribution in [0, 0.1) is 0 Å². The molecule has 23 heavy (non-hydrogen) atoms. The molecule has 0 spiro atoms. The predicted molar refractivity (Wildman–Crippen MR) is 88.5 cm³/mol. The van der Waals surface area contributed by atoms with Crippen LogP contribution in [0.5, 0.6) is 5.75 Å². The highest BCUT2D eigenvalue weighted by atomic mass is 16.5. The van der Waals surface area contributed by atoms with Crippen molar-refractivity contribution < 1.29 is 14.3 Å². The summed E-state index contributed by atoms with van der Waals surface area (Å²) in [4.78, 5) is 23.4. The van der Waals surface area contributed by atoms with Crippen LogP contribution >= 0.6 is 0 Å². The summed E-state index contributed by atoms with van der Waals surface area (Å²) in [5.41, 5.74) is 6.46. The highest BCUT2D eigenvalue weighted by Crippen LogP contribution is 2.12. The zero-order valence-electron chi connectivity index (χ0n) is 12.8. The van der Waals surface area contributed by atoms with E-state index in [9.17, 15) is 9.59 Å². The van der Waals surface area contributed by atoms with Crippen LogP contribution in [0.25, 0.3) is 6.08 Å². The van der Waals surface area contributed by atoms with E-state index in [-0.39, 0.29) is 12.3 Å². The summed E-state index contributed by atoms with van der Waals surface area (Å²) in [6, 6.07) is 16.6. The summed E-state index contributed by atoms with van der Waals surface area (Å²) >= 11 is 0. The van der Waals surface area contributed by atoms with Crippen LogP contribution in [-0.2, 0) is 16.0 Å². The van der Waals surface area contributed by atoms with Gasteiger partial charge >= 0.3 is 0 Å². The number of methoxy groups -OCH3 is 1. The largest absolute Gasteiger partial charge is 0.497 e. The SMILES string of the molecule is COc1ccc(C=CC(=O)NNC(=O)Cc2ccccc2)cc1. The monoisotopic (exact) mass is 310 g/mol. The van der Waals surface area contributed by atoms with E-state index >= 15 is 0 Å². The van der Waals surface area contributed by atoms with E-state index in [2.05, 4.69) is 10.9 Å². The highest BCUT2D eigenvalue weighted by Gasteiger charge is 2.03. The van der Waals surface area contributed by atoms with E-state index in [4.69, 9.17) is 4.74 Å². The number of rotatable bonds is 5. The van der Waals surface area contributed by atoms with E-state index in [1.165, 1.54) is 6.08 Å². The first-order valence-electron chi connectivity index (χ1n) is 7.12. The van der Waals surface area contributed by atoms with Crippen LogP contribution in [0.2, 0.25) is 0 Å². The number of hydrogen-bond acceptors (Lipinski definition) is 3. The van der Waals surface area contributed by atoms with Crippen LogP contribution in [0.4, 0.5) is 0 Å². The molecule has 0 radical (unpaired) electrons. The number of carbonyl (C=O) groups excluding carboxylic acids is 2. The Morgan fingerprint density at radius 2 is 1.70 bits per heavy atom. The molecule has 0 fully saturated rings. The van der Waals surface area contributed by atoms with Gasteiger partial charge < -0.3 is 4.74 Å². The summed E-state index contributed by atoms with van der Waals surface area (Å²) in [6.07, 6.45) is 3.21. The smallest absolute Gasteiger partial charge is 0.262 e. The van der Waals surface area contributed by atoms with Gasteiger partial charge in [0, 0.05) is 6.08 Å². The van der Waals surface area contributed by atoms with Crippen molar-refractivity contribution in [2.45, 2.75) is 6.42 Å². The molecule has 2 aromatic carbocycles. The van der Waals surface area contributed by atoms with Gasteiger partial charge in [-0.15, -0.1) is 0 Å². The second-order valence-corrected chi connectivity index (χ2v) is 4.81. The first-order valence-corrected chi connectivity index (χ1v) is 7.12. The zero-order valence-corrected chi connectivity index (χ0v) is 12.8. The summed E-state index contributed by atoms with van der Waals surface area (Å²) in [5.74, 6) is 0.0735. The van der Waals surface area contributed by atoms with Crippen molar-refractivity contribution in [2.75, 3.05) is 7.11 Å². The van der Waals surface area contributed by atoms with Crippen molar-refractivity contribution in [3.8, 4) is 5.75 Å². The zero-order chi connectivity index (χ0) is 16.5. The Bertz CT molecular complexity index is 679. The minimum Gasteiger partial charge on any atom is -0.497 e. The van der Waals surface area contributed by atoms with Gasteiger partial charge in [-0.05, 0) is 29.3 Å². The van der Waals surface area contributed by atoms with Gasteiger partial charge in [0.15, 0.2) is 0 Å². The summed E-state index contributed by atoms with van der Waals surface area (Å²) in [7, 11) is 1.59. The molecule has 2 aromatic rings. The van der Waals surface area contributed by atoms with Gasteiger partial charge in [-0.1, -0.05) is 42.5 Å². The van der Waals surface area contributed by atoms with Gasteiger partial charge in [0.25, 0.3) is 5.91 Å². The average molecular weight is 310 g/mol. The number of amides is 2. The molecule has 2 N–H and O–H groups in total. The molecular weight excluding hydrogens is 292 g/mol. The van der Waals surface area contributed by atoms with Gasteiger partial charge in [0.05, 0.1) is 13.5 Å². The molecule has 0 atom stereocenters. The maximum Gasteiger partial charge on any atom is 0.262 e. The van der Waals surface area contributed by atoms with Crippen molar-refractivity contribution >= 4 is 17.9 Å². The predicted octanol–water partition coefficient (Wildman–Crippen LogP) is 2.10. The third-order valence-corrected chi connectivity index (χ3v) is 3.08. The first-order chi connectivity index (χ1) is 11.2. The standard InChI is InChI=1S/C18H18N2O3/c1-23-16-10-7-14(8-11-16)9-12-17(21)19-20-18(22)13-15-5-3-2-4-6-15/h2-12H,13H2,1H3,(H,19,21)(H,20,22). The van der Waals surface area contributed by atoms with Crippen molar-refractivity contribution in [2.24, 2.45) is 0 Å². The van der Waals surface area contributed by atoms with Crippen molar-refractivity contribution in [3.63, 3.8) is 0 Å². The minimum absolute atomic E-state index is 0.212. The summed E-state index contributed by atoms with van der Waals surface area (Å²) in [5, 5.41) is 0. The molecule has 0 aliphatic heterocycles. The fraction of sp³-hybridized carbons (Fsp3) is 0.111. The van der Waals surface area contributed by atoms with Crippen LogP contribution in [0.15, 0.2) is 60.7 Å². The molecule has 2 amide bonds. The molecular formula is C18H18N2O3. The second-order valence-electron chi connectivity index (χ2n) is 4.81. The Morgan fingerprint density at radius 3 is 2.35 bits per heavy atom. The first kappa shape index (κ1) is 16.3. The number of nitrogens with one attached hydrogen (secondary N) is 2. The van der Waals surface area contributed by atoms with Crippen molar-refractivity contribution in [1.82, 2.24) is 10.9 Å². The highest BCUT2D eigenvalue weighted by molar-refractivity contribution is 5.93. The number of carbonyl (C=O) groups is 2. The van der Waals surface area contributed by atoms with Crippen molar-refractivity contribution in [3.05, 3.63) is 71.8 Å². The summed E-state index contributed by atoms with van der Waals surface area (Å²) in [6.45, 7) is 0. The number of hydrazine groups is 1. The molecule has 2 rings (SSSR count). The van der Waals surface area contributed by atoms with Crippen LogP contribution < -0.4 is 15.6 Å². The average Bonchev–Trinajstić information content (AvgIpc) is 2.59. The Labute approximate surface area is 134 Å². The lowest BCUT2D eigenvalue weighted by Gasteiger charge is -2.05. The fourth-order valence-corrected chi connectivity index (χ4v) is 1.89. The van der Waals surface area contributed by atoms with Crippen LogP contribution in [0.1, 0.15) is 11.1 Å². The molecule has 5 heteroatoms. The van der Waals surface area contributed by atoms with Gasteiger partial charge in [-0.25, -0.2) is 0 Å². The quantitative estimate of drug-likeness (QED) is 0.656. The molecule has 0 heterocycles. The Hall–Kier alpha value is -3.08. The van der Waals surface area contributed by atoms with E-state index in [1.54, 1.807) is 25.3 Å².